The summed E-state index contributed by atoms with van der Waals surface area (Å²) in [7, 11) is 0. The Morgan fingerprint density at radius 1 is 1.11 bits per heavy atom. The minimum atomic E-state index is -0.703. The van der Waals surface area contributed by atoms with Crippen LogP contribution in [-0.2, 0) is 0 Å². The minimum absolute atomic E-state index is 0.122. The average Bonchev–Trinajstić information content (AvgIpc) is 2.33. The largest absolute Gasteiger partial charge is 0.397 e. The van der Waals surface area contributed by atoms with Crippen LogP contribution in [0.5, 0.6) is 0 Å². The van der Waals surface area contributed by atoms with E-state index in [-0.39, 0.29) is 10.6 Å². The molecule has 0 aliphatic rings. The first-order valence-corrected chi connectivity index (χ1v) is 6.04. The summed E-state index contributed by atoms with van der Waals surface area (Å²) in [4.78, 5) is 11.9. The van der Waals surface area contributed by atoms with Crippen LogP contribution in [0.2, 0.25) is 10.0 Å². The van der Waals surface area contributed by atoms with Gasteiger partial charge in [-0.2, -0.15) is 0 Å². The second kappa shape index (κ2) is 5.47. The van der Waals surface area contributed by atoms with Crippen LogP contribution in [0.4, 0.5) is 15.8 Å². The van der Waals surface area contributed by atoms with E-state index >= 15 is 0 Å². The van der Waals surface area contributed by atoms with E-state index in [1.165, 1.54) is 18.2 Å². The van der Waals surface area contributed by atoms with Gasteiger partial charge >= 0.3 is 0 Å². The lowest BCUT2D eigenvalue weighted by Gasteiger charge is -2.09. The number of anilines is 2. The number of carbonyl (C=O) groups excluding carboxylic acids is 1. The van der Waals surface area contributed by atoms with E-state index < -0.39 is 11.7 Å². The van der Waals surface area contributed by atoms with Crippen molar-refractivity contribution in [3.63, 3.8) is 0 Å². The van der Waals surface area contributed by atoms with Gasteiger partial charge in [-0.05, 0) is 36.4 Å². The van der Waals surface area contributed by atoms with Crippen molar-refractivity contribution >= 4 is 40.5 Å². The summed E-state index contributed by atoms with van der Waals surface area (Å²) in [6, 6.07) is 8.43. The van der Waals surface area contributed by atoms with Gasteiger partial charge in [0.2, 0.25) is 0 Å². The first-order valence-electron chi connectivity index (χ1n) is 5.29. The van der Waals surface area contributed by atoms with E-state index in [0.29, 0.717) is 16.4 Å². The molecule has 98 valence electrons. The normalized spacial score (nSPS) is 10.3. The fourth-order valence-electron chi connectivity index (χ4n) is 1.50. The zero-order valence-corrected chi connectivity index (χ0v) is 11.1. The van der Waals surface area contributed by atoms with Crippen molar-refractivity contribution in [1.29, 1.82) is 0 Å². The molecule has 6 heteroatoms. The average molecular weight is 299 g/mol. The Morgan fingerprint density at radius 3 is 2.42 bits per heavy atom. The molecule has 2 rings (SSSR count). The number of halogens is 3. The molecule has 2 aromatic carbocycles. The smallest absolute Gasteiger partial charge is 0.258 e. The number of benzene rings is 2. The molecule has 0 saturated carbocycles. The third-order valence-corrected chi connectivity index (χ3v) is 2.91. The molecule has 1 amide bonds. The zero-order valence-electron chi connectivity index (χ0n) is 9.58. The Bertz CT molecular complexity index is 647. The highest BCUT2D eigenvalue weighted by Crippen LogP contribution is 2.24. The number of hydrogen-bond acceptors (Lipinski definition) is 2. The summed E-state index contributed by atoms with van der Waals surface area (Å²) < 4.78 is 13.6. The van der Waals surface area contributed by atoms with Gasteiger partial charge in [-0.3, -0.25) is 4.79 Å². The second-order valence-electron chi connectivity index (χ2n) is 3.81. The summed E-state index contributed by atoms with van der Waals surface area (Å²) in [5.41, 5.74) is 6.23. The van der Waals surface area contributed by atoms with E-state index in [2.05, 4.69) is 5.32 Å². The Morgan fingerprint density at radius 2 is 1.74 bits per heavy atom. The van der Waals surface area contributed by atoms with Gasteiger partial charge < -0.3 is 11.1 Å². The van der Waals surface area contributed by atoms with Gasteiger partial charge in [-0.15, -0.1) is 0 Å². The molecule has 0 saturated heterocycles. The summed E-state index contributed by atoms with van der Waals surface area (Å²) in [5.74, 6) is -1.33. The van der Waals surface area contributed by atoms with Crippen molar-refractivity contribution in [2.24, 2.45) is 0 Å². The standard InChI is InChI=1S/C13H9Cl2FN2O/c14-7-1-3-9(10(16)5-7)13(19)18-12-6-8(15)2-4-11(12)17/h1-6H,17H2,(H,18,19). The molecule has 19 heavy (non-hydrogen) atoms. The Balaban J connectivity index is 2.28. The van der Waals surface area contributed by atoms with Crippen LogP contribution in [0, 0.1) is 5.82 Å². The monoisotopic (exact) mass is 298 g/mol. The predicted octanol–water partition coefficient (Wildman–Crippen LogP) is 3.97. The van der Waals surface area contributed by atoms with Crippen LogP contribution >= 0.6 is 23.2 Å². The summed E-state index contributed by atoms with van der Waals surface area (Å²) in [6.45, 7) is 0. The van der Waals surface area contributed by atoms with Gasteiger partial charge in [-0.25, -0.2) is 4.39 Å². The molecule has 0 fully saturated rings. The van der Waals surface area contributed by atoms with Crippen LogP contribution in [0.1, 0.15) is 10.4 Å². The fraction of sp³-hybridized carbons (Fsp3) is 0. The third kappa shape index (κ3) is 3.16. The molecule has 0 radical (unpaired) electrons. The van der Waals surface area contributed by atoms with Crippen LogP contribution in [-0.4, -0.2) is 5.91 Å². The molecule has 0 aliphatic heterocycles. The molecular weight excluding hydrogens is 290 g/mol. The van der Waals surface area contributed by atoms with Crippen molar-refractivity contribution in [3.8, 4) is 0 Å². The molecule has 3 N–H and O–H groups in total. The van der Waals surface area contributed by atoms with E-state index in [1.54, 1.807) is 12.1 Å². The molecular formula is C13H9Cl2FN2O. The van der Waals surface area contributed by atoms with Crippen molar-refractivity contribution in [2.45, 2.75) is 0 Å². The van der Waals surface area contributed by atoms with Crippen molar-refractivity contribution < 1.29 is 9.18 Å². The molecule has 0 aliphatic carbocycles. The predicted molar refractivity (Wildman–Crippen MR) is 75.2 cm³/mol. The highest BCUT2D eigenvalue weighted by atomic mass is 35.5. The number of hydrogen-bond donors (Lipinski definition) is 2. The molecule has 0 aromatic heterocycles. The number of rotatable bonds is 2. The lowest BCUT2D eigenvalue weighted by atomic mass is 10.2. The number of nitrogen functional groups attached to an aromatic ring is 1. The SMILES string of the molecule is Nc1ccc(Cl)cc1NC(=O)c1ccc(Cl)cc1F. The highest BCUT2D eigenvalue weighted by molar-refractivity contribution is 6.31. The third-order valence-electron chi connectivity index (χ3n) is 2.44. The first-order chi connectivity index (χ1) is 8.97. The maximum atomic E-state index is 13.6. The highest BCUT2D eigenvalue weighted by Gasteiger charge is 2.13. The van der Waals surface area contributed by atoms with Gasteiger partial charge in [0.25, 0.3) is 5.91 Å². The molecule has 0 heterocycles. The molecule has 0 atom stereocenters. The molecule has 2 aromatic rings. The maximum Gasteiger partial charge on any atom is 0.258 e. The second-order valence-corrected chi connectivity index (χ2v) is 4.68. The fourth-order valence-corrected chi connectivity index (χ4v) is 1.83. The van der Waals surface area contributed by atoms with Gasteiger partial charge in [0, 0.05) is 10.0 Å². The quantitative estimate of drug-likeness (QED) is 0.824. The van der Waals surface area contributed by atoms with E-state index in [9.17, 15) is 9.18 Å². The summed E-state index contributed by atoms with van der Waals surface area (Å²) in [5, 5.41) is 3.13. The van der Waals surface area contributed by atoms with E-state index in [0.717, 1.165) is 6.07 Å². The van der Waals surface area contributed by atoms with Gasteiger partial charge in [0.1, 0.15) is 5.82 Å². The zero-order chi connectivity index (χ0) is 14.0. The lowest BCUT2D eigenvalue weighted by molar-refractivity contribution is 0.102. The van der Waals surface area contributed by atoms with Crippen molar-refractivity contribution in [2.75, 3.05) is 11.1 Å². The lowest BCUT2D eigenvalue weighted by Crippen LogP contribution is -2.14. The van der Waals surface area contributed by atoms with Gasteiger partial charge in [-0.1, -0.05) is 23.2 Å². The van der Waals surface area contributed by atoms with Crippen LogP contribution in [0.25, 0.3) is 0 Å². The van der Waals surface area contributed by atoms with E-state index in [4.69, 9.17) is 28.9 Å². The molecule has 3 nitrogen and oxygen atoms in total. The van der Waals surface area contributed by atoms with Crippen LogP contribution in [0.3, 0.4) is 0 Å². The molecule has 0 spiro atoms. The number of nitrogens with one attached hydrogen (secondary N) is 1. The Labute approximate surface area is 119 Å². The minimum Gasteiger partial charge on any atom is -0.397 e. The van der Waals surface area contributed by atoms with Crippen LogP contribution in [0.15, 0.2) is 36.4 Å². The Hall–Kier alpha value is -1.78. The molecule has 0 unspecified atom stereocenters. The van der Waals surface area contributed by atoms with Crippen molar-refractivity contribution in [1.82, 2.24) is 0 Å². The van der Waals surface area contributed by atoms with E-state index in [1.807, 2.05) is 0 Å². The number of amides is 1. The molecule has 0 bridgehead atoms. The topological polar surface area (TPSA) is 55.1 Å². The van der Waals surface area contributed by atoms with Gasteiger partial charge in [0.15, 0.2) is 0 Å². The van der Waals surface area contributed by atoms with Crippen molar-refractivity contribution in [3.05, 3.63) is 57.8 Å². The first kappa shape index (κ1) is 13.6. The maximum absolute atomic E-state index is 13.6. The van der Waals surface area contributed by atoms with Gasteiger partial charge in [0.05, 0.1) is 16.9 Å². The number of nitrogens with two attached hydrogens (primary N) is 1. The Kier molecular flexibility index (Phi) is 3.93. The van der Waals surface area contributed by atoms with Crippen LogP contribution < -0.4 is 11.1 Å². The summed E-state index contributed by atoms with van der Waals surface area (Å²) in [6.07, 6.45) is 0. The number of carbonyl (C=O) groups is 1. The summed E-state index contributed by atoms with van der Waals surface area (Å²) >= 11 is 11.4.